The minimum absolute atomic E-state index is 0.0322. The van der Waals surface area contributed by atoms with E-state index in [0.29, 0.717) is 15.5 Å². The van der Waals surface area contributed by atoms with Crippen molar-refractivity contribution >= 4 is 39.3 Å². The quantitative estimate of drug-likeness (QED) is 0.738. The number of thiazole rings is 1. The van der Waals surface area contributed by atoms with Crippen molar-refractivity contribution in [2.75, 3.05) is 0 Å². The highest BCUT2D eigenvalue weighted by atomic mass is 35.5. The Labute approximate surface area is 81.8 Å². The molecule has 0 saturated carbocycles. The fourth-order valence-electron chi connectivity index (χ4n) is 0.886. The number of fused-ring (bicyclic) bond motifs is 1. The maximum atomic E-state index is 10.5. The molecule has 0 spiro atoms. The molecule has 0 saturated heterocycles. The summed E-state index contributed by atoms with van der Waals surface area (Å²) < 4.78 is 0. The third-order valence-corrected chi connectivity index (χ3v) is 2.57. The van der Waals surface area contributed by atoms with E-state index in [4.69, 9.17) is 16.7 Å². The fourth-order valence-corrected chi connectivity index (χ4v) is 1.86. The van der Waals surface area contributed by atoms with Gasteiger partial charge in [-0.25, -0.2) is 14.8 Å². The minimum Gasteiger partial charge on any atom is -0.476 e. The molecular weight excluding hydrogens is 212 g/mol. The normalized spacial score (nSPS) is 10.5. The van der Waals surface area contributed by atoms with Crippen LogP contribution < -0.4 is 0 Å². The molecule has 2 heterocycles. The molecule has 66 valence electrons. The lowest BCUT2D eigenvalue weighted by atomic mass is 10.4. The number of pyridine rings is 1. The molecule has 2 rings (SSSR count). The Balaban J connectivity index is 2.68. The summed E-state index contributed by atoms with van der Waals surface area (Å²) in [6.45, 7) is 0. The number of carboxylic acid groups (broad SMARTS) is 1. The van der Waals surface area contributed by atoms with Crippen molar-refractivity contribution in [1.29, 1.82) is 0 Å². The monoisotopic (exact) mass is 214 g/mol. The first-order valence-corrected chi connectivity index (χ1v) is 4.52. The lowest BCUT2D eigenvalue weighted by Gasteiger charge is -1.85. The Bertz CT molecular complexity index is 482. The van der Waals surface area contributed by atoms with Gasteiger partial charge in [-0.1, -0.05) is 22.9 Å². The van der Waals surface area contributed by atoms with Crippen LogP contribution in [0.25, 0.3) is 10.3 Å². The van der Waals surface area contributed by atoms with Gasteiger partial charge in [0.2, 0.25) is 5.01 Å². The number of carbonyl (C=O) groups is 1. The van der Waals surface area contributed by atoms with Crippen molar-refractivity contribution < 1.29 is 9.90 Å². The lowest BCUT2D eigenvalue weighted by Crippen LogP contribution is -1.93. The summed E-state index contributed by atoms with van der Waals surface area (Å²) in [6.07, 6.45) is 0. The van der Waals surface area contributed by atoms with Crippen molar-refractivity contribution in [2.45, 2.75) is 0 Å². The second-order valence-electron chi connectivity index (χ2n) is 2.28. The molecule has 1 N–H and O–H groups in total. The second kappa shape index (κ2) is 2.93. The van der Waals surface area contributed by atoms with Gasteiger partial charge in [-0.15, -0.1) is 0 Å². The van der Waals surface area contributed by atoms with Gasteiger partial charge in [-0.3, -0.25) is 0 Å². The molecule has 0 bridgehead atoms. The number of hydrogen-bond acceptors (Lipinski definition) is 4. The predicted molar refractivity (Wildman–Crippen MR) is 49.4 cm³/mol. The van der Waals surface area contributed by atoms with E-state index in [-0.39, 0.29) is 5.01 Å². The van der Waals surface area contributed by atoms with Crippen molar-refractivity contribution in [2.24, 2.45) is 0 Å². The number of hydrogen-bond donors (Lipinski definition) is 1. The average Bonchev–Trinajstić information content (AvgIpc) is 2.46. The van der Waals surface area contributed by atoms with Crippen LogP contribution in [0, 0.1) is 0 Å². The van der Waals surface area contributed by atoms with Gasteiger partial charge in [0, 0.05) is 0 Å². The van der Waals surface area contributed by atoms with Gasteiger partial charge in [0.1, 0.15) is 15.5 Å². The molecule has 0 aromatic carbocycles. The van der Waals surface area contributed by atoms with Crippen LogP contribution in [0.2, 0.25) is 5.15 Å². The summed E-state index contributed by atoms with van der Waals surface area (Å²) in [7, 11) is 0. The van der Waals surface area contributed by atoms with Crippen molar-refractivity contribution in [3.8, 4) is 0 Å². The van der Waals surface area contributed by atoms with Crippen LogP contribution >= 0.6 is 22.9 Å². The minimum atomic E-state index is -1.04. The van der Waals surface area contributed by atoms with Crippen LogP contribution in [0.15, 0.2) is 12.1 Å². The molecule has 0 fully saturated rings. The molecule has 0 amide bonds. The second-order valence-corrected chi connectivity index (χ2v) is 3.65. The summed E-state index contributed by atoms with van der Waals surface area (Å²) in [5, 5.41) is 9.02. The van der Waals surface area contributed by atoms with Crippen LogP contribution in [0.5, 0.6) is 0 Å². The average molecular weight is 215 g/mol. The van der Waals surface area contributed by atoms with Crippen LogP contribution in [0.1, 0.15) is 9.80 Å². The Morgan fingerprint density at radius 1 is 1.46 bits per heavy atom. The van der Waals surface area contributed by atoms with E-state index >= 15 is 0 Å². The van der Waals surface area contributed by atoms with Gasteiger partial charge in [-0.2, -0.15) is 0 Å². The van der Waals surface area contributed by atoms with E-state index in [1.54, 1.807) is 12.1 Å². The topological polar surface area (TPSA) is 63.1 Å². The number of aromatic nitrogens is 2. The van der Waals surface area contributed by atoms with Crippen LogP contribution in [-0.4, -0.2) is 21.0 Å². The number of rotatable bonds is 1. The Morgan fingerprint density at radius 2 is 2.23 bits per heavy atom. The standard InChI is InChI=1S/C7H3ClN2O2S/c8-4-2-1-3-5(10-4)13-6(9-3)7(11)12/h1-2H,(H,11,12). The molecule has 0 aliphatic rings. The molecule has 6 heteroatoms. The SMILES string of the molecule is O=C(O)c1nc2ccc(Cl)nc2s1. The third kappa shape index (κ3) is 1.48. The maximum absolute atomic E-state index is 10.5. The molecule has 0 aliphatic heterocycles. The van der Waals surface area contributed by atoms with Crippen molar-refractivity contribution in [3.63, 3.8) is 0 Å². The summed E-state index contributed by atoms with van der Waals surface area (Å²) in [5.74, 6) is -1.04. The molecule has 2 aromatic rings. The summed E-state index contributed by atoms with van der Waals surface area (Å²) >= 11 is 6.64. The smallest absolute Gasteiger partial charge is 0.365 e. The van der Waals surface area contributed by atoms with E-state index in [2.05, 4.69) is 9.97 Å². The lowest BCUT2D eigenvalue weighted by molar-refractivity contribution is 0.0696. The first-order valence-electron chi connectivity index (χ1n) is 3.33. The molecule has 0 radical (unpaired) electrons. The van der Waals surface area contributed by atoms with Crippen molar-refractivity contribution in [3.05, 3.63) is 22.3 Å². The van der Waals surface area contributed by atoms with Crippen LogP contribution in [0.4, 0.5) is 0 Å². The molecular formula is C7H3ClN2O2S. The van der Waals surface area contributed by atoms with E-state index < -0.39 is 5.97 Å². The summed E-state index contributed by atoms with van der Waals surface area (Å²) in [5.41, 5.74) is 0.562. The van der Waals surface area contributed by atoms with Crippen LogP contribution in [-0.2, 0) is 0 Å². The molecule has 0 aliphatic carbocycles. The Hall–Kier alpha value is -1.20. The highest BCUT2D eigenvalue weighted by Gasteiger charge is 2.10. The molecule has 0 atom stereocenters. The molecule has 2 aromatic heterocycles. The van der Waals surface area contributed by atoms with Gasteiger partial charge < -0.3 is 5.11 Å². The van der Waals surface area contributed by atoms with Crippen molar-refractivity contribution in [1.82, 2.24) is 9.97 Å². The van der Waals surface area contributed by atoms with E-state index in [1.165, 1.54) is 0 Å². The van der Waals surface area contributed by atoms with Gasteiger partial charge in [0.15, 0.2) is 0 Å². The van der Waals surface area contributed by atoms with Crippen LogP contribution in [0.3, 0.4) is 0 Å². The van der Waals surface area contributed by atoms with Gasteiger partial charge >= 0.3 is 5.97 Å². The fraction of sp³-hybridized carbons (Fsp3) is 0. The zero-order chi connectivity index (χ0) is 9.42. The molecule has 0 unspecified atom stereocenters. The summed E-state index contributed by atoms with van der Waals surface area (Å²) in [6, 6.07) is 3.23. The zero-order valence-corrected chi connectivity index (χ0v) is 7.76. The van der Waals surface area contributed by atoms with Gasteiger partial charge in [-0.05, 0) is 12.1 Å². The highest BCUT2D eigenvalue weighted by Crippen LogP contribution is 2.21. The number of halogens is 1. The molecule has 4 nitrogen and oxygen atoms in total. The number of nitrogens with zero attached hydrogens (tertiary/aromatic N) is 2. The Morgan fingerprint density at radius 3 is 2.92 bits per heavy atom. The first kappa shape index (κ1) is 8.40. The van der Waals surface area contributed by atoms with E-state index in [0.717, 1.165) is 11.3 Å². The largest absolute Gasteiger partial charge is 0.476 e. The zero-order valence-electron chi connectivity index (χ0n) is 6.19. The van der Waals surface area contributed by atoms with E-state index in [9.17, 15) is 4.79 Å². The first-order chi connectivity index (χ1) is 6.16. The van der Waals surface area contributed by atoms with E-state index in [1.807, 2.05) is 0 Å². The number of aromatic carboxylic acids is 1. The number of carboxylic acids is 1. The molecule has 13 heavy (non-hydrogen) atoms. The van der Waals surface area contributed by atoms with Gasteiger partial charge in [0.25, 0.3) is 0 Å². The third-order valence-electron chi connectivity index (χ3n) is 1.40. The Kier molecular flexibility index (Phi) is 1.90. The highest BCUT2D eigenvalue weighted by molar-refractivity contribution is 7.19. The summed E-state index contributed by atoms with van der Waals surface area (Å²) in [4.78, 5) is 18.9. The maximum Gasteiger partial charge on any atom is 0.365 e. The predicted octanol–water partition coefficient (Wildman–Crippen LogP) is 2.04. The van der Waals surface area contributed by atoms with Gasteiger partial charge in [0.05, 0.1) is 0 Å².